The van der Waals surface area contributed by atoms with E-state index in [4.69, 9.17) is 0 Å². The smallest absolute Gasteiger partial charge is 0.234 e. The number of carbonyl (C=O) groups excluding carboxylic acids is 1. The molecule has 8 heteroatoms. The zero-order chi connectivity index (χ0) is 19.9. The second-order valence-corrected chi connectivity index (χ2v) is 8.01. The van der Waals surface area contributed by atoms with Gasteiger partial charge in [0.15, 0.2) is 11.0 Å². The Hall–Kier alpha value is -2.45. The Morgan fingerprint density at radius 2 is 2.21 bits per heavy atom. The highest BCUT2D eigenvalue weighted by Crippen LogP contribution is 2.28. The standard InChI is InChI=1S/C20H21FN4OS2/c1-3-7-15-11-14(12-27-15)19-23-24-20(25(19)10-4-2)28-13-18(26)22-17-9-6-5-8-16(17)21/h4-6,8-9,11-12H,2-3,7,10,13H2,1H3,(H,22,26). The molecule has 0 atom stereocenters. The predicted octanol–water partition coefficient (Wildman–Crippen LogP) is 5.02. The largest absolute Gasteiger partial charge is 0.323 e. The molecule has 0 aliphatic rings. The highest BCUT2D eigenvalue weighted by molar-refractivity contribution is 7.99. The predicted molar refractivity (Wildman–Crippen MR) is 113 cm³/mol. The molecule has 28 heavy (non-hydrogen) atoms. The molecule has 146 valence electrons. The molecule has 0 fully saturated rings. The second kappa shape index (κ2) is 9.66. The third-order valence-electron chi connectivity index (χ3n) is 3.92. The van der Waals surface area contributed by atoms with E-state index in [1.165, 1.54) is 28.8 Å². The van der Waals surface area contributed by atoms with Crippen molar-refractivity contribution in [2.75, 3.05) is 11.1 Å². The zero-order valence-electron chi connectivity index (χ0n) is 15.5. The highest BCUT2D eigenvalue weighted by atomic mass is 32.2. The molecule has 0 aliphatic heterocycles. The first-order valence-electron chi connectivity index (χ1n) is 8.91. The summed E-state index contributed by atoms with van der Waals surface area (Å²) in [6.07, 6.45) is 3.91. The number of aromatic nitrogens is 3. The van der Waals surface area contributed by atoms with Crippen molar-refractivity contribution in [1.29, 1.82) is 0 Å². The maximum atomic E-state index is 13.7. The van der Waals surface area contributed by atoms with Crippen LogP contribution < -0.4 is 5.32 Å². The fraction of sp³-hybridized carbons (Fsp3) is 0.250. The topological polar surface area (TPSA) is 59.8 Å². The van der Waals surface area contributed by atoms with Gasteiger partial charge in [-0.05, 0) is 24.6 Å². The molecule has 0 saturated heterocycles. The Kier molecular flexibility index (Phi) is 7.00. The molecular formula is C20H21FN4OS2. The maximum Gasteiger partial charge on any atom is 0.234 e. The van der Waals surface area contributed by atoms with Crippen molar-refractivity contribution >= 4 is 34.7 Å². The number of benzene rings is 1. The first kappa shape index (κ1) is 20.3. The molecule has 1 N–H and O–H groups in total. The number of carbonyl (C=O) groups is 1. The summed E-state index contributed by atoms with van der Waals surface area (Å²) < 4.78 is 15.6. The van der Waals surface area contributed by atoms with Crippen LogP contribution in [-0.4, -0.2) is 26.4 Å². The summed E-state index contributed by atoms with van der Waals surface area (Å²) in [5, 5.41) is 13.8. The number of thiophene rings is 1. The van der Waals surface area contributed by atoms with E-state index in [9.17, 15) is 9.18 Å². The number of rotatable bonds is 9. The molecule has 0 unspecified atom stereocenters. The van der Waals surface area contributed by atoms with Gasteiger partial charge in [-0.1, -0.05) is 43.3 Å². The van der Waals surface area contributed by atoms with Crippen LogP contribution >= 0.6 is 23.1 Å². The number of amides is 1. The average Bonchev–Trinajstić information content (AvgIpc) is 3.29. The van der Waals surface area contributed by atoms with Crippen molar-refractivity contribution < 1.29 is 9.18 Å². The van der Waals surface area contributed by atoms with Crippen LogP contribution in [0.1, 0.15) is 18.2 Å². The lowest BCUT2D eigenvalue weighted by atomic mass is 10.2. The lowest BCUT2D eigenvalue weighted by molar-refractivity contribution is -0.113. The van der Waals surface area contributed by atoms with Gasteiger partial charge in [0.1, 0.15) is 5.82 Å². The molecule has 3 aromatic rings. The third kappa shape index (κ3) is 4.88. The van der Waals surface area contributed by atoms with Gasteiger partial charge < -0.3 is 5.32 Å². The van der Waals surface area contributed by atoms with Crippen molar-refractivity contribution in [3.8, 4) is 11.4 Å². The van der Waals surface area contributed by atoms with E-state index >= 15 is 0 Å². The number of hydrogen-bond donors (Lipinski definition) is 1. The summed E-state index contributed by atoms with van der Waals surface area (Å²) in [6, 6.07) is 8.23. The van der Waals surface area contributed by atoms with Crippen LogP contribution in [0.5, 0.6) is 0 Å². The minimum atomic E-state index is -0.460. The summed E-state index contributed by atoms with van der Waals surface area (Å²) in [7, 11) is 0. The number of aryl methyl sites for hydroxylation is 1. The number of nitrogens with zero attached hydrogens (tertiary/aromatic N) is 3. The summed E-state index contributed by atoms with van der Waals surface area (Å²) in [6.45, 7) is 6.50. The number of thioether (sulfide) groups is 1. The number of allylic oxidation sites excluding steroid dienone is 1. The van der Waals surface area contributed by atoms with E-state index in [1.54, 1.807) is 29.5 Å². The van der Waals surface area contributed by atoms with Crippen LogP contribution in [0.2, 0.25) is 0 Å². The van der Waals surface area contributed by atoms with Gasteiger partial charge in [0, 0.05) is 22.4 Å². The number of nitrogens with one attached hydrogen (secondary N) is 1. The highest BCUT2D eigenvalue weighted by Gasteiger charge is 2.16. The maximum absolute atomic E-state index is 13.7. The molecule has 1 aromatic carbocycles. The van der Waals surface area contributed by atoms with Crippen molar-refractivity contribution in [2.45, 2.75) is 31.5 Å². The first-order valence-corrected chi connectivity index (χ1v) is 10.8. The van der Waals surface area contributed by atoms with Gasteiger partial charge in [0.2, 0.25) is 5.91 Å². The summed E-state index contributed by atoms with van der Waals surface area (Å²) >= 11 is 2.98. The van der Waals surface area contributed by atoms with Crippen LogP contribution in [0.15, 0.2) is 53.5 Å². The molecule has 1 amide bonds. The molecule has 5 nitrogen and oxygen atoms in total. The molecule has 2 aromatic heterocycles. The van der Waals surface area contributed by atoms with Crippen molar-refractivity contribution in [1.82, 2.24) is 14.8 Å². The van der Waals surface area contributed by atoms with Gasteiger partial charge in [0.25, 0.3) is 0 Å². The molecule has 2 heterocycles. The fourth-order valence-electron chi connectivity index (χ4n) is 2.66. The Labute approximate surface area is 171 Å². The molecular weight excluding hydrogens is 395 g/mol. The summed E-state index contributed by atoms with van der Waals surface area (Å²) in [4.78, 5) is 13.5. The van der Waals surface area contributed by atoms with Gasteiger partial charge in [-0.3, -0.25) is 9.36 Å². The fourth-order valence-corrected chi connectivity index (χ4v) is 4.37. The average molecular weight is 417 g/mol. The van der Waals surface area contributed by atoms with Crippen LogP contribution in [0.25, 0.3) is 11.4 Å². The zero-order valence-corrected chi connectivity index (χ0v) is 17.2. The quantitative estimate of drug-likeness (QED) is 0.393. The number of hydrogen-bond acceptors (Lipinski definition) is 5. The van der Waals surface area contributed by atoms with E-state index in [1.807, 2.05) is 4.57 Å². The number of para-hydroxylation sites is 1. The molecule has 3 rings (SSSR count). The Bertz CT molecular complexity index is 967. The first-order chi connectivity index (χ1) is 13.6. The van der Waals surface area contributed by atoms with Gasteiger partial charge in [-0.25, -0.2) is 4.39 Å². The normalized spacial score (nSPS) is 10.8. The van der Waals surface area contributed by atoms with Crippen LogP contribution in [0.3, 0.4) is 0 Å². The SMILES string of the molecule is C=CCn1c(SCC(=O)Nc2ccccc2F)nnc1-c1csc(CCC)c1. The van der Waals surface area contributed by atoms with E-state index in [0.29, 0.717) is 11.7 Å². The van der Waals surface area contributed by atoms with Gasteiger partial charge >= 0.3 is 0 Å². The van der Waals surface area contributed by atoms with Crippen molar-refractivity contribution in [2.24, 2.45) is 0 Å². The lowest BCUT2D eigenvalue weighted by Gasteiger charge is -2.08. The van der Waals surface area contributed by atoms with Crippen LogP contribution in [-0.2, 0) is 17.8 Å². The summed E-state index contributed by atoms with van der Waals surface area (Å²) in [5.41, 5.74) is 1.19. The lowest BCUT2D eigenvalue weighted by Crippen LogP contribution is -2.15. The Morgan fingerprint density at radius 3 is 2.96 bits per heavy atom. The Morgan fingerprint density at radius 1 is 1.39 bits per heavy atom. The second-order valence-electron chi connectivity index (χ2n) is 6.07. The molecule has 0 aliphatic carbocycles. The van der Waals surface area contributed by atoms with E-state index in [0.717, 1.165) is 24.2 Å². The van der Waals surface area contributed by atoms with E-state index in [-0.39, 0.29) is 17.3 Å². The van der Waals surface area contributed by atoms with E-state index < -0.39 is 5.82 Å². The van der Waals surface area contributed by atoms with E-state index in [2.05, 4.69) is 40.5 Å². The molecule has 0 spiro atoms. The third-order valence-corrected chi connectivity index (χ3v) is 5.88. The minimum Gasteiger partial charge on any atom is -0.323 e. The van der Waals surface area contributed by atoms with Crippen molar-refractivity contribution in [3.63, 3.8) is 0 Å². The number of halogens is 1. The summed E-state index contributed by atoms with van der Waals surface area (Å²) in [5.74, 6) is 0.105. The Balaban J connectivity index is 1.71. The van der Waals surface area contributed by atoms with Crippen LogP contribution in [0.4, 0.5) is 10.1 Å². The van der Waals surface area contributed by atoms with Crippen LogP contribution in [0, 0.1) is 5.82 Å². The van der Waals surface area contributed by atoms with Gasteiger partial charge in [-0.2, -0.15) is 0 Å². The van der Waals surface area contributed by atoms with Crippen molar-refractivity contribution in [3.05, 3.63) is 59.1 Å². The molecule has 0 radical (unpaired) electrons. The minimum absolute atomic E-state index is 0.105. The molecule has 0 bridgehead atoms. The van der Waals surface area contributed by atoms with Gasteiger partial charge in [-0.15, -0.1) is 28.1 Å². The monoisotopic (exact) mass is 416 g/mol. The number of anilines is 1. The molecule has 0 saturated carbocycles. The van der Waals surface area contributed by atoms with Gasteiger partial charge in [0.05, 0.1) is 11.4 Å².